The van der Waals surface area contributed by atoms with Crippen molar-refractivity contribution >= 4 is 22.7 Å². The van der Waals surface area contributed by atoms with Crippen molar-refractivity contribution < 1.29 is 9.53 Å². The van der Waals surface area contributed by atoms with E-state index in [1.807, 2.05) is 30.3 Å². The first-order valence-corrected chi connectivity index (χ1v) is 7.56. The molecule has 20 heavy (non-hydrogen) atoms. The van der Waals surface area contributed by atoms with E-state index in [4.69, 9.17) is 16.3 Å². The summed E-state index contributed by atoms with van der Waals surface area (Å²) in [6.45, 7) is 0. The number of hydrogen-bond donors (Lipinski definition) is 1. The number of carbonyl (C=O) groups is 1. The highest BCUT2D eigenvalue weighted by molar-refractivity contribution is 6.49. The minimum Gasteiger partial charge on any atom is -0.439 e. The largest absolute Gasteiger partial charge is 0.439 e. The molecule has 1 aliphatic heterocycles. The lowest BCUT2D eigenvalue weighted by molar-refractivity contribution is 0.0982. The van der Waals surface area contributed by atoms with E-state index < -0.39 is 0 Å². The fourth-order valence-corrected chi connectivity index (χ4v) is 3.35. The van der Waals surface area contributed by atoms with E-state index in [1.165, 1.54) is 19.3 Å². The monoisotopic (exact) mass is 291 g/mol. The number of hydrogen-bond acceptors (Lipinski definition) is 2. The van der Waals surface area contributed by atoms with Crippen LogP contribution in [0, 0.1) is 5.92 Å². The number of nitrogens with one attached hydrogen (secondary N) is 1. The quantitative estimate of drug-likeness (QED) is 0.883. The van der Waals surface area contributed by atoms with Crippen molar-refractivity contribution in [3.63, 3.8) is 0 Å². The van der Waals surface area contributed by atoms with Gasteiger partial charge in [0, 0.05) is 5.92 Å². The second-order valence-corrected chi connectivity index (χ2v) is 5.82. The molecule has 106 valence electrons. The molecule has 1 saturated carbocycles. The van der Waals surface area contributed by atoms with Crippen LogP contribution in [0.15, 0.2) is 36.0 Å². The molecule has 3 nitrogen and oxygen atoms in total. The van der Waals surface area contributed by atoms with Gasteiger partial charge in [0.15, 0.2) is 0 Å². The van der Waals surface area contributed by atoms with E-state index in [0.29, 0.717) is 11.0 Å². The summed E-state index contributed by atoms with van der Waals surface area (Å²) in [5, 5.41) is 3.38. The van der Waals surface area contributed by atoms with Crippen LogP contribution in [0.3, 0.4) is 0 Å². The third-order valence-corrected chi connectivity index (χ3v) is 4.52. The first-order chi connectivity index (χ1) is 9.75. The molecular weight excluding hydrogens is 274 g/mol. The predicted molar refractivity (Wildman–Crippen MR) is 79.2 cm³/mol. The number of alkyl carbamates (subject to hydrolysis) is 1. The molecule has 2 aliphatic rings. The lowest BCUT2D eigenvalue weighted by atomic mass is 9.84. The Bertz CT molecular complexity index is 521. The third-order valence-electron chi connectivity index (χ3n) is 4.10. The number of rotatable bonds is 2. The van der Waals surface area contributed by atoms with Crippen molar-refractivity contribution in [3.8, 4) is 0 Å². The van der Waals surface area contributed by atoms with Gasteiger partial charge in [0.1, 0.15) is 6.10 Å². The van der Waals surface area contributed by atoms with Gasteiger partial charge in [-0.2, -0.15) is 0 Å². The van der Waals surface area contributed by atoms with Crippen molar-refractivity contribution in [2.75, 3.05) is 0 Å². The molecule has 0 aromatic heterocycles. The Morgan fingerprint density at radius 3 is 2.55 bits per heavy atom. The van der Waals surface area contributed by atoms with Gasteiger partial charge in [-0.1, -0.05) is 61.2 Å². The highest BCUT2D eigenvalue weighted by Gasteiger charge is 2.37. The second kappa shape index (κ2) is 5.88. The van der Waals surface area contributed by atoms with Crippen LogP contribution < -0.4 is 5.32 Å². The maximum absolute atomic E-state index is 11.6. The second-order valence-electron chi connectivity index (χ2n) is 5.44. The zero-order chi connectivity index (χ0) is 13.9. The Balaban J connectivity index is 1.91. The van der Waals surface area contributed by atoms with Gasteiger partial charge in [-0.25, -0.2) is 4.79 Å². The normalized spacial score (nSPS) is 26.1. The van der Waals surface area contributed by atoms with Crippen molar-refractivity contribution in [2.24, 2.45) is 5.92 Å². The summed E-state index contributed by atoms with van der Waals surface area (Å²) in [7, 11) is 0. The Kier molecular flexibility index (Phi) is 3.97. The third kappa shape index (κ3) is 2.68. The molecule has 1 aromatic rings. The van der Waals surface area contributed by atoms with Crippen LogP contribution in [0.4, 0.5) is 4.79 Å². The highest BCUT2D eigenvalue weighted by atomic mass is 35.5. The molecule has 1 amide bonds. The fraction of sp³-hybridized carbons (Fsp3) is 0.438. The van der Waals surface area contributed by atoms with E-state index in [2.05, 4.69) is 5.32 Å². The van der Waals surface area contributed by atoms with Crippen LogP contribution in [-0.2, 0) is 4.74 Å². The molecule has 1 atom stereocenters. The van der Waals surface area contributed by atoms with Crippen LogP contribution in [0.5, 0.6) is 0 Å². The van der Waals surface area contributed by atoms with Gasteiger partial charge < -0.3 is 4.74 Å². The Hall–Kier alpha value is -1.48. The maximum Gasteiger partial charge on any atom is 0.412 e. The number of cyclic esters (lactones) is 1. The Labute approximate surface area is 124 Å². The zero-order valence-corrected chi connectivity index (χ0v) is 12.0. The smallest absolute Gasteiger partial charge is 0.412 e. The molecule has 4 heteroatoms. The van der Waals surface area contributed by atoms with Gasteiger partial charge in [-0.05, 0) is 18.4 Å². The van der Waals surface area contributed by atoms with Crippen LogP contribution in [-0.4, -0.2) is 12.2 Å². The number of benzene rings is 1. The lowest BCUT2D eigenvalue weighted by Crippen LogP contribution is -2.25. The first kappa shape index (κ1) is 13.5. The number of ether oxygens (including phenoxy) is 1. The zero-order valence-electron chi connectivity index (χ0n) is 11.3. The molecule has 1 heterocycles. The van der Waals surface area contributed by atoms with Crippen molar-refractivity contribution in [2.45, 2.75) is 38.2 Å². The summed E-state index contributed by atoms with van der Waals surface area (Å²) in [6, 6.07) is 9.70. The summed E-state index contributed by atoms with van der Waals surface area (Å²) in [5.74, 6) is 0.384. The average molecular weight is 292 g/mol. The summed E-state index contributed by atoms with van der Waals surface area (Å²) >= 11 is 6.48. The first-order valence-electron chi connectivity index (χ1n) is 7.18. The van der Waals surface area contributed by atoms with Gasteiger partial charge >= 0.3 is 6.09 Å². The molecule has 1 unspecified atom stereocenters. The molecule has 1 N–H and O–H groups in total. The van der Waals surface area contributed by atoms with Crippen LogP contribution in [0.1, 0.15) is 37.7 Å². The number of carbonyl (C=O) groups excluding carboxylic acids is 1. The van der Waals surface area contributed by atoms with E-state index in [1.54, 1.807) is 0 Å². The molecule has 1 aromatic carbocycles. The van der Waals surface area contributed by atoms with Gasteiger partial charge in [-0.15, -0.1) is 0 Å². The number of amides is 1. The van der Waals surface area contributed by atoms with E-state index in [0.717, 1.165) is 24.1 Å². The van der Waals surface area contributed by atoms with E-state index in [-0.39, 0.29) is 12.2 Å². The summed E-state index contributed by atoms with van der Waals surface area (Å²) in [6.07, 6.45) is 5.28. The van der Waals surface area contributed by atoms with E-state index >= 15 is 0 Å². The van der Waals surface area contributed by atoms with Gasteiger partial charge in [0.2, 0.25) is 0 Å². The summed E-state index contributed by atoms with van der Waals surface area (Å²) in [4.78, 5) is 11.6. The van der Waals surface area contributed by atoms with Gasteiger partial charge in [0.05, 0.1) is 10.7 Å². The molecule has 0 bridgehead atoms. The molecular formula is C16H18ClNO2. The van der Waals surface area contributed by atoms with Crippen LogP contribution >= 0.6 is 11.6 Å². The van der Waals surface area contributed by atoms with Crippen molar-refractivity contribution in [1.82, 2.24) is 5.32 Å². The SMILES string of the molecule is O=C1N/C(=C(/Cl)c2ccccc2)C(C2CCCCC2)O1. The topological polar surface area (TPSA) is 38.3 Å². The van der Waals surface area contributed by atoms with Crippen molar-refractivity contribution in [3.05, 3.63) is 41.6 Å². The predicted octanol–water partition coefficient (Wildman–Crippen LogP) is 4.28. The Morgan fingerprint density at radius 2 is 1.85 bits per heavy atom. The fourth-order valence-electron chi connectivity index (χ4n) is 3.07. The molecule has 2 fully saturated rings. The summed E-state index contributed by atoms with van der Waals surface area (Å²) in [5.41, 5.74) is 1.64. The molecule has 0 spiro atoms. The molecule has 1 aliphatic carbocycles. The maximum atomic E-state index is 11.6. The van der Waals surface area contributed by atoms with Gasteiger partial charge in [-0.3, -0.25) is 5.32 Å². The van der Waals surface area contributed by atoms with Crippen LogP contribution in [0.25, 0.3) is 5.03 Å². The Morgan fingerprint density at radius 1 is 1.15 bits per heavy atom. The average Bonchev–Trinajstić information content (AvgIpc) is 2.90. The minimum atomic E-state index is -0.385. The molecule has 3 rings (SSSR count). The minimum absolute atomic E-state index is 0.212. The van der Waals surface area contributed by atoms with Crippen LogP contribution in [0.2, 0.25) is 0 Å². The molecule has 0 radical (unpaired) electrons. The van der Waals surface area contributed by atoms with E-state index in [9.17, 15) is 4.79 Å². The lowest BCUT2D eigenvalue weighted by Gasteiger charge is -2.26. The summed E-state index contributed by atoms with van der Waals surface area (Å²) < 4.78 is 5.46. The highest BCUT2D eigenvalue weighted by Crippen LogP contribution is 2.36. The number of halogens is 1. The van der Waals surface area contributed by atoms with Crippen molar-refractivity contribution in [1.29, 1.82) is 0 Å². The standard InChI is InChI=1S/C16H18ClNO2/c17-13(11-7-3-1-4-8-11)14-15(20-16(19)18-14)12-9-5-2-6-10-12/h1,3-4,7-8,12,15H,2,5-6,9-10H2,(H,18,19)/b14-13+. The van der Waals surface area contributed by atoms with Gasteiger partial charge in [0.25, 0.3) is 0 Å². The molecule has 1 saturated heterocycles.